The minimum atomic E-state index is -3.54. The summed E-state index contributed by atoms with van der Waals surface area (Å²) in [7, 11) is -0.202. The van der Waals surface area contributed by atoms with Crippen LogP contribution < -0.4 is 0 Å². The molecule has 7 nitrogen and oxygen atoms in total. The van der Waals surface area contributed by atoms with Gasteiger partial charge in [0, 0.05) is 32.7 Å². The van der Waals surface area contributed by atoms with Gasteiger partial charge in [-0.15, -0.1) is 11.3 Å². The van der Waals surface area contributed by atoms with Crippen LogP contribution in [0, 0.1) is 0 Å². The lowest BCUT2D eigenvalue weighted by atomic mass is 9.99. The molecule has 2 aromatic rings. The van der Waals surface area contributed by atoms with E-state index < -0.39 is 10.0 Å². The number of amides is 1. The summed E-state index contributed by atoms with van der Waals surface area (Å²) in [5.41, 5.74) is 1.87. The number of carbonyl (C=O) groups is 1. The number of benzene rings is 1. The lowest BCUT2D eigenvalue weighted by Crippen LogP contribution is -2.30. The maximum Gasteiger partial charge on any atom is 0.257 e. The molecule has 0 saturated carbocycles. The quantitative estimate of drug-likeness (QED) is 0.463. The Hall–Kier alpha value is -2.10. The molecule has 0 saturated heterocycles. The van der Waals surface area contributed by atoms with E-state index in [4.69, 9.17) is 0 Å². The van der Waals surface area contributed by atoms with Crippen LogP contribution >= 0.6 is 11.3 Å². The summed E-state index contributed by atoms with van der Waals surface area (Å²) < 4.78 is 25.9. The van der Waals surface area contributed by atoms with Crippen molar-refractivity contribution in [1.82, 2.24) is 9.21 Å². The van der Waals surface area contributed by atoms with Crippen LogP contribution in [-0.2, 0) is 10.0 Å². The molecule has 1 amide bonds. The van der Waals surface area contributed by atoms with E-state index >= 15 is 0 Å². The maximum atomic E-state index is 12.2. The first-order valence-corrected chi connectivity index (χ1v) is 13.0. The zero-order chi connectivity index (χ0) is 24.8. The molecule has 0 spiro atoms. The Labute approximate surface area is 211 Å². The normalized spacial score (nSPS) is 10.9. The number of hydrogen-bond donors (Lipinski definition) is 2. The van der Waals surface area contributed by atoms with Gasteiger partial charge in [-0.2, -0.15) is 4.31 Å². The van der Waals surface area contributed by atoms with Gasteiger partial charge in [0.15, 0.2) is 4.21 Å². The Morgan fingerprint density at radius 1 is 0.941 bits per heavy atom. The number of aromatic hydroxyl groups is 2. The van der Waals surface area contributed by atoms with Crippen molar-refractivity contribution in [2.45, 2.75) is 72.4 Å². The van der Waals surface area contributed by atoms with E-state index in [0.29, 0.717) is 24.2 Å². The van der Waals surface area contributed by atoms with Gasteiger partial charge >= 0.3 is 0 Å². The van der Waals surface area contributed by atoms with E-state index in [9.17, 15) is 23.4 Å². The Morgan fingerprint density at radius 2 is 1.44 bits per heavy atom. The third-order valence-electron chi connectivity index (χ3n) is 4.99. The van der Waals surface area contributed by atoms with Crippen molar-refractivity contribution in [2.75, 3.05) is 27.2 Å². The highest BCUT2D eigenvalue weighted by Gasteiger charge is 2.28. The molecular weight excluding hydrogens is 472 g/mol. The fourth-order valence-electron chi connectivity index (χ4n) is 3.06. The monoisotopic (exact) mass is 516 g/mol. The number of thiophene rings is 1. The summed E-state index contributed by atoms with van der Waals surface area (Å²) in [6, 6.07) is 5.28. The average Bonchev–Trinajstić information content (AvgIpc) is 3.11. The fraction of sp³-hybridized carbons (Fsp3) is 0.560. The van der Waals surface area contributed by atoms with E-state index in [1.807, 2.05) is 33.8 Å². The van der Waals surface area contributed by atoms with Crippen LogP contribution in [0.5, 0.6) is 11.5 Å². The smallest absolute Gasteiger partial charge is 0.257 e. The first-order chi connectivity index (χ1) is 14.8. The molecule has 196 valence electrons. The van der Waals surface area contributed by atoms with Gasteiger partial charge in [0.25, 0.3) is 15.9 Å². The zero-order valence-electron chi connectivity index (χ0n) is 20.2. The molecule has 1 aromatic heterocycles. The third kappa shape index (κ3) is 7.71. The van der Waals surface area contributed by atoms with Crippen molar-refractivity contribution in [3.8, 4) is 11.5 Å². The van der Waals surface area contributed by atoms with Crippen LogP contribution in [0.15, 0.2) is 27.8 Å². The minimum Gasteiger partial charge on any atom is -0.507 e. The molecule has 1 heterocycles. The van der Waals surface area contributed by atoms with Crippen molar-refractivity contribution < 1.29 is 23.4 Å². The summed E-state index contributed by atoms with van der Waals surface area (Å²) in [5.74, 6) is 0.171. The Morgan fingerprint density at radius 3 is 1.82 bits per heavy atom. The highest BCUT2D eigenvalue weighted by Crippen LogP contribution is 2.39. The molecule has 2 N–H and O–H groups in total. The van der Waals surface area contributed by atoms with Crippen molar-refractivity contribution in [2.24, 2.45) is 0 Å². The van der Waals surface area contributed by atoms with Gasteiger partial charge in [-0.1, -0.05) is 68.5 Å². The molecule has 9 heteroatoms. The van der Waals surface area contributed by atoms with Crippen LogP contribution in [0.4, 0.5) is 0 Å². The topological polar surface area (TPSA) is 98.2 Å². The third-order valence-corrected chi connectivity index (χ3v) is 8.55. The largest absolute Gasteiger partial charge is 0.507 e. The lowest BCUT2D eigenvalue weighted by Gasteiger charge is -2.17. The van der Waals surface area contributed by atoms with Crippen LogP contribution in [0.2, 0.25) is 0 Å². The van der Waals surface area contributed by atoms with Gasteiger partial charge in [0.05, 0.1) is 5.56 Å². The number of nitrogens with zero attached hydrogens (tertiary/aromatic N) is 2. The van der Waals surface area contributed by atoms with Crippen molar-refractivity contribution in [3.63, 3.8) is 0 Å². The van der Waals surface area contributed by atoms with E-state index in [0.717, 1.165) is 16.9 Å². The van der Waals surface area contributed by atoms with E-state index in [1.165, 1.54) is 9.21 Å². The van der Waals surface area contributed by atoms with Crippen LogP contribution in [0.3, 0.4) is 0 Å². The molecule has 0 aliphatic heterocycles. The number of rotatable bonds is 7. The van der Waals surface area contributed by atoms with Crippen LogP contribution in [-0.4, -0.2) is 60.9 Å². The van der Waals surface area contributed by atoms with Crippen molar-refractivity contribution in [3.05, 3.63) is 40.3 Å². The predicted octanol–water partition coefficient (Wildman–Crippen LogP) is 6.10. The van der Waals surface area contributed by atoms with Gasteiger partial charge < -0.3 is 15.1 Å². The van der Waals surface area contributed by atoms with E-state index in [1.54, 1.807) is 45.5 Å². The predicted molar refractivity (Wildman–Crippen MR) is 144 cm³/mol. The van der Waals surface area contributed by atoms with Crippen LogP contribution in [0.1, 0.15) is 89.7 Å². The Kier molecular flexibility index (Phi) is 14.4. The molecule has 1 aromatic carbocycles. The molecule has 0 fully saturated rings. The number of hydrogen-bond acceptors (Lipinski definition) is 6. The Balaban J connectivity index is 0. The second-order valence-electron chi connectivity index (χ2n) is 8.17. The number of sulfonamides is 1. The van der Waals surface area contributed by atoms with Crippen molar-refractivity contribution in [1.29, 1.82) is 0 Å². The first-order valence-electron chi connectivity index (χ1n) is 10.6. The standard InChI is InChI=1S/C12H17NO2.C11H19NO3S2.2CH4/c1-8(2)9-6-5-7-10(11(9)14)12(15)13(3)4;1-5-12(6-2)17(14,15)11-10(13)9(7-16-11)8(3)4;;/h5-8,14H,1-4H3;7-8,13H,5-6H2,1-4H3;2*1H4. The number of phenols is 1. The van der Waals surface area contributed by atoms with E-state index in [2.05, 4.69) is 0 Å². The molecule has 0 aliphatic carbocycles. The summed E-state index contributed by atoms with van der Waals surface area (Å²) in [4.78, 5) is 13.2. The van der Waals surface area contributed by atoms with Gasteiger partial charge in [-0.05, 0) is 28.8 Å². The summed E-state index contributed by atoms with van der Waals surface area (Å²) in [5, 5.41) is 21.6. The number of carbonyl (C=O) groups excluding carboxylic acids is 1. The van der Waals surface area contributed by atoms with Crippen molar-refractivity contribution >= 4 is 27.3 Å². The Bertz CT molecular complexity index is 1010. The highest BCUT2D eigenvalue weighted by molar-refractivity contribution is 7.91. The molecule has 0 radical (unpaired) electrons. The average molecular weight is 517 g/mol. The molecule has 0 unspecified atom stereocenters. The highest BCUT2D eigenvalue weighted by atomic mass is 32.2. The van der Waals surface area contributed by atoms with E-state index in [-0.39, 0.29) is 48.3 Å². The zero-order valence-corrected chi connectivity index (χ0v) is 21.8. The van der Waals surface area contributed by atoms with Crippen LogP contribution in [0.25, 0.3) is 0 Å². The minimum absolute atomic E-state index is 0. The molecule has 0 bridgehead atoms. The SMILES string of the molecule is C.C.CC(C)c1cccc(C(=O)N(C)C)c1O.CCN(CC)S(=O)(=O)c1scc(C(C)C)c1O. The lowest BCUT2D eigenvalue weighted by molar-refractivity contribution is 0.0824. The summed E-state index contributed by atoms with van der Waals surface area (Å²) in [6.07, 6.45) is 0. The molecule has 0 aliphatic rings. The second kappa shape index (κ2) is 14.3. The maximum absolute atomic E-state index is 12.2. The second-order valence-corrected chi connectivity index (χ2v) is 11.2. The molecule has 0 atom stereocenters. The number of phenolic OH excluding ortho intramolecular Hbond substituents is 1. The summed E-state index contributed by atoms with van der Waals surface area (Å²) >= 11 is 1.09. The molecular formula is C25H44N2O5S2. The van der Waals surface area contributed by atoms with Gasteiger partial charge in [-0.25, -0.2) is 8.42 Å². The van der Waals surface area contributed by atoms with Gasteiger partial charge in [-0.3, -0.25) is 4.79 Å². The first kappa shape index (κ1) is 34.1. The summed E-state index contributed by atoms with van der Waals surface area (Å²) in [6.45, 7) is 12.2. The van der Waals surface area contributed by atoms with Gasteiger partial charge in [0.1, 0.15) is 11.5 Å². The fourth-order valence-corrected chi connectivity index (χ4v) is 6.13. The van der Waals surface area contributed by atoms with Gasteiger partial charge in [0.2, 0.25) is 0 Å². The molecule has 34 heavy (non-hydrogen) atoms. The molecule has 2 rings (SSSR count). The number of para-hydroxylation sites is 1.